The first-order valence-corrected chi connectivity index (χ1v) is 6.58. The summed E-state index contributed by atoms with van der Waals surface area (Å²) < 4.78 is 1.23. The molecule has 1 aromatic rings. The number of nitrogens with one attached hydrogen (secondary N) is 1. The number of thiophene rings is 1. The molecule has 0 unspecified atom stereocenters. The molecule has 1 atom stereocenters. The van der Waals surface area contributed by atoms with Crippen LogP contribution < -0.4 is 5.32 Å². The topological polar surface area (TPSA) is 15.3 Å². The highest BCUT2D eigenvalue weighted by atomic mass is 79.9. The first-order chi connectivity index (χ1) is 6.77. The molecule has 16 heavy (non-hydrogen) atoms. The molecule has 0 saturated carbocycles. The monoisotopic (exact) mass is 346 g/mol. The SMILES string of the molecule is C[C@H](c1ccc(Br)s1)N1CCNCC1.Cl.Cl. The van der Waals surface area contributed by atoms with Crippen LogP contribution in [-0.2, 0) is 0 Å². The number of nitrogens with zero attached hydrogens (tertiary/aromatic N) is 1. The van der Waals surface area contributed by atoms with E-state index in [1.165, 1.54) is 8.66 Å². The molecule has 6 heteroatoms. The van der Waals surface area contributed by atoms with Gasteiger partial charge in [-0.1, -0.05) is 0 Å². The van der Waals surface area contributed by atoms with Crippen LogP contribution in [0.1, 0.15) is 17.8 Å². The molecule has 1 N–H and O–H groups in total. The molecule has 1 aliphatic heterocycles. The number of hydrogen-bond donors (Lipinski definition) is 1. The van der Waals surface area contributed by atoms with Crippen LogP contribution in [0.15, 0.2) is 15.9 Å². The smallest absolute Gasteiger partial charge is 0.0701 e. The van der Waals surface area contributed by atoms with Crippen LogP contribution in [0.4, 0.5) is 0 Å². The molecule has 1 aliphatic rings. The van der Waals surface area contributed by atoms with Crippen molar-refractivity contribution >= 4 is 52.1 Å². The Balaban J connectivity index is 0.00000112. The zero-order valence-electron chi connectivity index (χ0n) is 9.11. The van der Waals surface area contributed by atoms with Crippen molar-refractivity contribution in [3.63, 3.8) is 0 Å². The van der Waals surface area contributed by atoms with E-state index in [0.29, 0.717) is 6.04 Å². The van der Waals surface area contributed by atoms with Crippen molar-refractivity contribution in [3.05, 3.63) is 20.8 Å². The summed E-state index contributed by atoms with van der Waals surface area (Å²) in [6, 6.07) is 4.92. The van der Waals surface area contributed by atoms with Crippen LogP contribution >= 0.6 is 52.1 Å². The average Bonchev–Trinajstić information content (AvgIpc) is 2.65. The normalized spacial score (nSPS) is 18.4. The molecule has 2 nitrogen and oxygen atoms in total. The summed E-state index contributed by atoms with van der Waals surface area (Å²) >= 11 is 5.36. The standard InChI is InChI=1S/C10H15BrN2S.2ClH/c1-8(9-2-3-10(11)14-9)13-6-4-12-5-7-13;;/h2-3,8,12H,4-7H2,1H3;2*1H/t8-;;/m1../s1. The van der Waals surface area contributed by atoms with Gasteiger partial charge in [-0.05, 0) is 35.0 Å². The Kier molecular flexibility index (Phi) is 8.24. The van der Waals surface area contributed by atoms with Crippen LogP contribution in [0.3, 0.4) is 0 Å². The van der Waals surface area contributed by atoms with Crippen molar-refractivity contribution in [2.45, 2.75) is 13.0 Å². The highest BCUT2D eigenvalue weighted by Gasteiger charge is 2.18. The van der Waals surface area contributed by atoms with Crippen LogP contribution in [0.5, 0.6) is 0 Å². The lowest BCUT2D eigenvalue weighted by atomic mass is 10.2. The highest BCUT2D eigenvalue weighted by Crippen LogP contribution is 2.30. The van der Waals surface area contributed by atoms with Crippen molar-refractivity contribution < 1.29 is 0 Å². The van der Waals surface area contributed by atoms with E-state index in [0.717, 1.165) is 26.2 Å². The minimum Gasteiger partial charge on any atom is -0.314 e. The predicted molar refractivity (Wildman–Crippen MR) is 79.4 cm³/mol. The third-order valence-corrected chi connectivity index (χ3v) is 4.50. The lowest BCUT2D eigenvalue weighted by Gasteiger charge is -2.32. The lowest BCUT2D eigenvalue weighted by molar-refractivity contribution is 0.188. The molecule has 0 amide bonds. The van der Waals surface area contributed by atoms with Gasteiger partial charge < -0.3 is 5.32 Å². The Hall–Kier alpha value is 0.680. The molecule has 0 spiro atoms. The molecule has 94 valence electrons. The molecule has 1 aromatic heterocycles. The first kappa shape index (κ1) is 16.7. The van der Waals surface area contributed by atoms with Gasteiger partial charge in [-0.3, -0.25) is 4.90 Å². The minimum absolute atomic E-state index is 0. The van der Waals surface area contributed by atoms with E-state index in [4.69, 9.17) is 0 Å². The zero-order valence-corrected chi connectivity index (χ0v) is 13.1. The van der Waals surface area contributed by atoms with Gasteiger partial charge >= 0.3 is 0 Å². The second-order valence-corrected chi connectivity index (χ2v) is 6.10. The summed E-state index contributed by atoms with van der Waals surface area (Å²) in [6.45, 7) is 6.87. The van der Waals surface area contributed by atoms with E-state index in [-0.39, 0.29) is 24.8 Å². The van der Waals surface area contributed by atoms with Crippen molar-refractivity contribution in [1.29, 1.82) is 0 Å². The first-order valence-electron chi connectivity index (χ1n) is 4.97. The van der Waals surface area contributed by atoms with Crippen LogP contribution in [0, 0.1) is 0 Å². The molecule has 0 bridgehead atoms. The minimum atomic E-state index is 0. The Morgan fingerprint density at radius 2 is 1.94 bits per heavy atom. The van der Waals surface area contributed by atoms with Gasteiger partial charge in [0.25, 0.3) is 0 Å². The van der Waals surface area contributed by atoms with Gasteiger partial charge in [-0.15, -0.1) is 36.2 Å². The van der Waals surface area contributed by atoms with E-state index in [9.17, 15) is 0 Å². The molecule has 0 radical (unpaired) electrons. The quantitative estimate of drug-likeness (QED) is 0.882. The molecule has 2 heterocycles. The fraction of sp³-hybridized carbons (Fsp3) is 0.600. The Labute approximate surface area is 122 Å². The fourth-order valence-corrected chi connectivity index (χ4v) is 3.31. The van der Waals surface area contributed by atoms with E-state index in [1.807, 2.05) is 11.3 Å². The summed E-state index contributed by atoms with van der Waals surface area (Å²) in [5.41, 5.74) is 0. The largest absolute Gasteiger partial charge is 0.314 e. The van der Waals surface area contributed by atoms with E-state index >= 15 is 0 Å². The molecular weight excluding hydrogens is 331 g/mol. The molecule has 2 rings (SSSR count). The second kappa shape index (κ2) is 7.90. The van der Waals surface area contributed by atoms with Gasteiger partial charge in [-0.25, -0.2) is 0 Å². The van der Waals surface area contributed by atoms with Gasteiger partial charge in [0.05, 0.1) is 3.79 Å². The third-order valence-electron chi connectivity index (χ3n) is 2.71. The van der Waals surface area contributed by atoms with E-state index in [1.54, 1.807) is 0 Å². The number of hydrogen-bond acceptors (Lipinski definition) is 3. The van der Waals surface area contributed by atoms with Gasteiger partial charge in [0, 0.05) is 37.1 Å². The fourth-order valence-electron chi connectivity index (χ4n) is 1.80. The molecule has 0 aromatic carbocycles. The van der Waals surface area contributed by atoms with Crippen molar-refractivity contribution in [1.82, 2.24) is 10.2 Å². The summed E-state index contributed by atoms with van der Waals surface area (Å²) in [5.74, 6) is 0. The molecule has 1 saturated heterocycles. The number of rotatable bonds is 2. The van der Waals surface area contributed by atoms with E-state index < -0.39 is 0 Å². The van der Waals surface area contributed by atoms with Crippen LogP contribution in [0.2, 0.25) is 0 Å². The summed E-state index contributed by atoms with van der Waals surface area (Å²) in [5, 5.41) is 3.38. The van der Waals surface area contributed by atoms with Gasteiger partial charge in [0.1, 0.15) is 0 Å². The number of piperazine rings is 1. The third kappa shape index (κ3) is 4.17. The zero-order chi connectivity index (χ0) is 9.97. The average molecular weight is 348 g/mol. The maximum atomic E-state index is 3.51. The molecular formula is C10H17BrCl2N2S. The van der Waals surface area contributed by atoms with Gasteiger partial charge in [0.2, 0.25) is 0 Å². The van der Waals surface area contributed by atoms with Gasteiger partial charge in [0.15, 0.2) is 0 Å². The maximum absolute atomic E-state index is 3.51. The Bertz CT molecular complexity index is 303. The molecule has 0 aliphatic carbocycles. The van der Waals surface area contributed by atoms with Crippen molar-refractivity contribution in [2.24, 2.45) is 0 Å². The van der Waals surface area contributed by atoms with Crippen molar-refractivity contribution in [2.75, 3.05) is 26.2 Å². The summed E-state index contributed by atoms with van der Waals surface area (Å²) in [7, 11) is 0. The maximum Gasteiger partial charge on any atom is 0.0701 e. The Morgan fingerprint density at radius 3 is 2.44 bits per heavy atom. The summed E-state index contributed by atoms with van der Waals surface area (Å²) in [6.07, 6.45) is 0. The van der Waals surface area contributed by atoms with Gasteiger partial charge in [-0.2, -0.15) is 0 Å². The van der Waals surface area contributed by atoms with Crippen LogP contribution in [0.25, 0.3) is 0 Å². The van der Waals surface area contributed by atoms with E-state index in [2.05, 4.69) is 45.2 Å². The Morgan fingerprint density at radius 1 is 1.31 bits per heavy atom. The summed E-state index contributed by atoms with van der Waals surface area (Å²) in [4.78, 5) is 3.99. The van der Waals surface area contributed by atoms with Crippen LogP contribution in [-0.4, -0.2) is 31.1 Å². The number of halogens is 3. The van der Waals surface area contributed by atoms with Crippen molar-refractivity contribution in [3.8, 4) is 0 Å². The molecule has 1 fully saturated rings. The highest BCUT2D eigenvalue weighted by molar-refractivity contribution is 9.11. The predicted octanol–water partition coefficient (Wildman–Crippen LogP) is 3.32. The second-order valence-electron chi connectivity index (χ2n) is 3.60. The lowest BCUT2D eigenvalue weighted by Crippen LogP contribution is -2.44.